The molecule has 10 nitrogen and oxygen atoms in total. The Morgan fingerprint density at radius 3 is 1.50 bits per heavy atom. The molecular formula is C28H49N5O5. The summed E-state index contributed by atoms with van der Waals surface area (Å²) in [6.07, 6.45) is 3.75. The standard InChI is InChI=1S/C14H23N3O2.C14H26N2O3/c1-15-12-14(18)13-2-4-16(5-3-13)6-7-17-8-10-19-11-9-17;1-2-19-14(17)13-3-5-15(6-4-13)7-8-16-9-11-18-12-10-16/h13H,2-12H2;13H,2-12H2,1H3. The third kappa shape index (κ3) is 11.2. The van der Waals surface area contributed by atoms with Gasteiger partial charge in [-0.2, -0.15) is 0 Å². The molecule has 216 valence electrons. The van der Waals surface area contributed by atoms with Crippen molar-refractivity contribution in [3.05, 3.63) is 11.4 Å². The fourth-order valence-electron chi connectivity index (χ4n) is 5.55. The highest BCUT2D eigenvalue weighted by Crippen LogP contribution is 2.19. The van der Waals surface area contributed by atoms with Gasteiger partial charge >= 0.3 is 5.97 Å². The van der Waals surface area contributed by atoms with E-state index < -0.39 is 0 Å². The Kier molecular flexibility index (Phi) is 14.5. The van der Waals surface area contributed by atoms with Gasteiger partial charge in [-0.25, -0.2) is 6.57 Å². The fourth-order valence-corrected chi connectivity index (χ4v) is 5.55. The summed E-state index contributed by atoms with van der Waals surface area (Å²) < 4.78 is 15.8. The Balaban J connectivity index is 0.000000211. The van der Waals surface area contributed by atoms with E-state index in [2.05, 4.69) is 24.4 Å². The molecule has 4 saturated heterocycles. The van der Waals surface area contributed by atoms with E-state index in [9.17, 15) is 9.59 Å². The molecule has 10 heteroatoms. The molecule has 0 amide bonds. The maximum atomic E-state index is 11.7. The zero-order valence-electron chi connectivity index (χ0n) is 23.5. The number of carbonyl (C=O) groups is 2. The van der Waals surface area contributed by atoms with Crippen molar-refractivity contribution < 1.29 is 23.8 Å². The van der Waals surface area contributed by atoms with Crippen LogP contribution in [0.3, 0.4) is 0 Å². The number of ether oxygens (including phenoxy) is 3. The molecule has 0 radical (unpaired) electrons. The van der Waals surface area contributed by atoms with Crippen LogP contribution in [0, 0.1) is 18.4 Å². The van der Waals surface area contributed by atoms with Crippen LogP contribution in [-0.2, 0) is 23.8 Å². The molecule has 4 fully saturated rings. The molecule has 0 unspecified atom stereocenters. The molecule has 4 aliphatic rings. The van der Waals surface area contributed by atoms with Crippen LogP contribution < -0.4 is 0 Å². The molecule has 4 aliphatic heterocycles. The van der Waals surface area contributed by atoms with Crippen molar-refractivity contribution in [1.82, 2.24) is 19.6 Å². The summed E-state index contributed by atoms with van der Waals surface area (Å²) >= 11 is 0. The minimum atomic E-state index is -0.00432. The van der Waals surface area contributed by atoms with Crippen LogP contribution >= 0.6 is 0 Å². The second kappa shape index (κ2) is 17.9. The highest BCUT2D eigenvalue weighted by Gasteiger charge is 2.27. The van der Waals surface area contributed by atoms with Crippen molar-refractivity contribution in [3.63, 3.8) is 0 Å². The zero-order chi connectivity index (χ0) is 27.0. The molecule has 0 N–H and O–H groups in total. The monoisotopic (exact) mass is 535 g/mol. The van der Waals surface area contributed by atoms with Gasteiger partial charge in [0, 0.05) is 58.3 Å². The first-order valence-corrected chi connectivity index (χ1v) is 14.7. The van der Waals surface area contributed by atoms with Gasteiger partial charge in [0.2, 0.25) is 5.78 Å². The van der Waals surface area contributed by atoms with Gasteiger partial charge in [0.25, 0.3) is 6.54 Å². The number of piperidine rings is 2. The number of morpholine rings is 2. The number of carbonyl (C=O) groups excluding carboxylic acids is 2. The van der Waals surface area contributed by atoms with Crippen molar-refractivity contribution >= 4 is 11.8 Å². The number of Topliss-reactive ketones (excluding diaryl/α,β-unsaturated/α-hetero) is 1. The average Bonchev–Trinajstić information content (AvgIpc) is 2.97. The summed E-state index contributed by atoms with van der Waals surface area (Å²) in [4.78, 5) is 36.3. The van der Waals surface area contributed by atoms with Crippen LogP contribution in [0.1, 0.15) is 32.6 Å². The number of esters is 1. The van der Waals surface area contributed by atoms with Crippen LogP contribution in [0.4, 0.5) is 0 Å². The maximum Gasteiger partial charge on any atom is 0.309 e. The Hall–Kier alpha value is -1.61. The molecule has 4 rings (SSSR count). The summed E-state index contributed by atoms with van der Waals surface area (Å²) in [5.41, 5.74) is 0. The molecule has 0 aromatic carbocycles. The topological polar surface area (TPSA) is 79.2 Å². The van der Waals surface area contributed by atoms with E-state index in [1.165, 1.54) is 0 Å². The Bertz CT molecular complexity index is 720. The second-order valence-electron chi connectivity index (χ2n) is 10.7. The third-order valence-corrected chi connectivity index (χ3v) is 8.16. The van der Waals surface area contributed by atoms with Gasteiger partial charge in [0.05, 0.1) is 39.0 Å². The molecule has 0 saturated carbocycles. The summed E-state index contributed by atoms with van der Waals surface area (Å²) in [6.45, 7) is 25.3. The maximum absolute atomic E-state index is 11.7. The number of rotatable bonds is 10. The van der Waals surface area contributed by atoms with Crippen molar-refractivity contribution in [2.24, 2.45) is 11.8 Å². The van der Waals surface area contributed by atoms with E-state index in [0.717, 1.165) is 131 Å². The molecule has 0 aromatic rings. The van der Waals surface area contributed by atoms with Gasteiger partial charge in [-0.1, -0.05) is 0 Å². The minimum Gasteiger partial charge on any atom is -0.466 e. The summed E-state index contributed by atoms with van der Waals surface area (Å²) in [6, 6.07) is 0. The van der Waals surface area contributed by atoms with Crippen molar-refractivity contribution in [2.45, 2.75) is 32.6 Å². The first-order valence-electron chi connectivity index (χ1n) is 14.7. The van der Waals surface area contributed by atoms with Gasteiger partial charge < -0.3 is 28.9 Å². The van der Waals surface area contributed by atoms with Crippen LogP contribution in [0.25, 0.3) is 4.85 Å². The Labute approximate surface area is 229 Å². The molecule has 0 aromatic heterocycles. The van der Waals surface area contributed by atoms with Crippen LogP contribution in [-0.4, -0.2) is 149 Å². The molecule has 4 heterocycles. The zero-order valence-corrected chi connectivity index (χ0v) is 23.5. The van der Waals surface area contributed by atoms with Crippen molar-refractivity contribution in [3.8, 4) is 0 Å². The first kappa shape index (κ1) is 30.9. The van der Waals surface area contributed by atoms with E-state index in [1.54, 1.807) is 0 Å². The van der Waals surface area contributed by atoms with Crippen LogP contribution in [0.5, 0.6) is 0 Å². The third-order valence-electron chi connectivity index (χ3n) is 8.16. The first-order chi connectivity index (χ1) is 18.6. The largest absolute Gasteiger partial charge is 0.466 e. The fraction of sp³-hybridized carbons (Fsp3) is 0.893. The molecule has 0 atom stereocenters. The summed E-state index contributed by atoms with van der Waals surface area (Å²) in [5.74, 6) is 0.395. The SMILES string of the molecule is CCOC(=O)C1CCN(CCN2CCOCC2)CC1.[C-]#[N+]CC(=O)C1CCN(CCN2CCOCC2)CC1. The van der Waals surface area contributed by atoms with Crippen molar-refractivity contribution in [1.29, 1.82) is 0 Å². The summed E-state index contributed by atoms with van der Waals surface area (Å²) in [5, 5.41) is 0. The highest BCUT2D eigenvalue weighted by molar-refractivity contribution is 5.84. The number of nitrogens with zero attached hydrogens (tertiary/aromatic N) is 5. The number of hydrogen-bond acceptors (Lipinski definition) is 9. The molecule has 0 aliphatic carbocycles. The van der Waals surface area contributed by atoms with Gasteiger partial charge in [-0.3, -0.25) is 19.4 Å². The van der Waals surface area contributed by atoms with E-state index in [1.807, 2.05) is 6.92 Å². The van der Waals surface area contributed by atoms with Gasteiger partial charge in [0.15, 0.2) is 0 Å². The number of likely N-dealkylation sites (tertiary alicyclic amines) is 2. The van der Waals surface area contributed by atoms with Gasteiger partial charge in [-0.15, -0.1) is 0 Å². The summed E-state index contributed by atoms with van der Waals surface area (Å²) in [7, 11) is 0. The van der Waals surface area contributed by atoms with Gasteiger partial charge in [-0.05, 0) is 58.8 Å². The smallest absolute Gasteiger partial charge is 0.309 e. The highest BCUT2D eigenvalue weighted by atomic mass is 16.5. The predicted molar refractivity (Wildman–Crippen MR) is 146 cm³/mol. The number of ketones is 1. The Morgan fingerprint density at radius 1 is 0.711 bits per heavy atom. The molecular weight excluding hydrogens is 486 g/mol. The van der Waals surface area contributed by atoms with E-state index in [-0.39, 0.29) is 30.1 Å². The average molecular weight is 536 g/mol. The molecule has 0 spiro atoms. The lowest BCUT2D eigenvalue weighted by molar-refractivity contribution is -0.149. The lowest BCUT2D eigenvalue weighted by Gasteiger charge is -2.33. The second-order valence-corrected chi connectivity index (χ2v) is 10.7. The van der Waals surface area contributed by atoms with E-state index >= 15 is 0 Å². The van der Waals surface area contributed by atoms with Crippen LogP contribution in [0.2, 0.25) is 0 Å². The quantitative estimate of drug-likeness (QED) is 0.302. The predicted octanol–water partition coefficient (Wildman–Crippen LogP) is 1.11. The Morgan fingerprint density at radius 2 is 1.11 bits per heavy atom. The number of hydrogen-bond donors (Lipinski definition) is 0. The van der Waals surface area contributed by atoms with Crippen LogP contribution in [0.15, 0.2) is 0 Å². The normalized spacial score (nSPS) is 23.3. The lowest BCUT2D eigenvalue weighted by atomic mass is 9.92. The van der Waals surface area contributed by atoms with E-state index in [4.69, 9.17) is 20.8 Å². The molecule has 0 bridgehead atoms. The van der Waals surface area contributed by atoms with Crippen molar-refractivity contribution in [2.75, 3.05) is 118 Å². The minimum absolute atomic E-state index is 0.00432. The van der Waals surface area contributed by atoms with Gasteiger partial charge in [0.1, 0.15) is 0 Å². The lowest BCUT2D eigenvalue weighted by Crippen LogP contribution is -2.44. The molecule has 38 heavy (non-hydrogen) atoms. The van der Waals surface area contributed by atoms with E-state index in [0.29, 0.717) is 6.61 Å².